The molecule has 0 radical (unpaired) electrons. The summed E-state index contributed by atoms with van der Waals surface area (Å²) >= 11 is 0. The van der Waals surface area contributed by atoms with Crippen LogP contribution in [0.2, 0.25) is 0 Å². The van der Waals surface area contributed by atoms with Crippen LogP contribution in [0, 0.1) is 5.82 Å². The third kappa shape index (κ3) is 5.82. The van der Waals surface area contributed by atoms with E-state index in [1.54, 1.807) is 74.9 Å². The fourth-order valence-electron chi connectivity index (χ4n) is 3.02. The molecule has 6 nitrogen and oxygen atoms in total. The van der Waals surface area contributed by atoms with Crippen LogP contribution >= 0.6 is 0 Å². The van der Waals surface area contributed by atoms with Crippen molar-refractivity contribution in [2.45, 2.75) is 13.0 Å². The maximum absolute atomic E-state index is 13.7. The van der Waals surface area contributed by atoms with E-state index in [9.17, 15) is 14.0 Å². The van der Waals surface area contributed by atoms with Gasteiger partial charge in [-0.25, -0.2) is 4.39 Å². The van der Waals surface area contributed by atoms with E-state index in [1.807, 2.05) is 0 Å². The predicted octanol–water partition coefficient (Wildman–Crippen LogP) is 3.95. The van der Waals surface area contributed by atoms with Gasteiger partial charge in [-0.3, -0.25) is 9.59 Å². The zero-order valence-corrected chi connectivity index (χ0v) is 17.3. The molecule has 0 bridgehead atoms. The molecule has 0 aromatic heterocycles. The van der Waals surface area contributed by atoms with Gasteiger partial charge in [-0.1, -0.05) is 18.2 Å². The van der Waals surface area contributed by atoms with Crippen molar-refractivity contribution in [3.8, 4) is 11.5 Å². The van der Waals surface area contributed by atoms with Crippen LogP contribution in [-0.4, -0.2) is 26.0 Å². The van der Waals surface area contributed by atoms with E-state index in [2.05, 4.69) is 10.6 Å². The second-order valence-electron chi connectivity index (χ2n) is 6.75. The lowest BCUT2D eigenvalue weighted by molar-refractivity contribution is -0.115. The molecule has 3 aromatic rings. The van der Waals surface area contributed by atoms with Crippen LogP contribution in [0.3, 0.4) is 0 Å². The van der Waals surface area contributed by atoms with Crippen molar-refractivity contribution in [1.29, 1.82) is 0 Å². The molecule has 2 amide bonds. The largest absolute Gasteiger partial charge is 0.497 e. The number of halogens is 1. The van der Waals surface area contributed by atoms with Gasteiger partial charge in [0.25, 0.3) is 5.91 Å². The minimum absolute atomic E-state index is 0.0896. The smallest absolute Gasteiger partial charge is 0.251 e. The Morgan fingerprint density at radius 1 is 0.903 bits per heavy atom. The number of ether oxygens (including phenoxy) is 2. The molecule has 160 valence electrons. The molecule has 0 heterocycles. The Balaban J connectivity index is 1.58. The van der Waals surface area contributed by atoms with Gasteiger partial charge in [-0.05, 0) is 48.5 Å². The molecule has 0 unspecified atom stereocenters. The van der Waals surface area contributed by atoms with Crippen molar-refractivity contribution in [2.24, 2.45) is 0 Å². The van der Waals surface area contributed by atoms with E-state index in [-0.39, 0.29) is 30.6 Å². The van der Waals surface area contributed by atoms with Crippen molar-refractivity contribution >= 4 is 17.5 Å². The number of carbonyl (C=O) groups is 2. The first kappa shape index (κ1) is 21.8. The first-order valence-electron chi connectivity index (χ1n) is 9.62. The lowest BCUT2D eigenvalue weighted by Gasteiger charge is -2.11. The van der Waals surface area contributed by atoms with E-state index >= 15 is 0 Å². The van der Waals surface area contributed by atoms with Gasteiger partial charge < -0.3 is 20.1 Å². The summed E-state index contributed by atoms with van der Waals surface area (Å²) in [5.74, 6) is 0.297. The maximum atomic E-state index is 13.7. The number of rotatable bonds is 8. The summed E-state index contributed by atoms with van der Waals surface area (Å²) in [6.45, 7) is 0.0896. The molecule has 0 saturated carbocycles. The Kier molecular flexibility index (Phi) is 7.22. The van der Waals surface area contributed by atoms with Crippen molar-refractivity contribution in [2.75, 3.05) is 19.5 Å². The molecule has 7 heteroatoms. The Labute approximate surface area is 180 Å². The third-order valence-electron chi connectivity index (χ3n) is 4.67. The quantitative estimate of drug-likeness (QED) is 0.576. The van der Waals surface area contributed by atoms with E-state index in [1.165, 1.54) is 6.07 Å². The predicted molar refractivity (Wildman–Crippen MR) is 116 cm³/mol. The second kappa shape index (κ2) is 10.2. The average molecular weight is 422 g/mol. The number of methoxy groups -OCH3 is 2. The van der Waals surface area contributed by atoms with Crippen LogP contribution in [0.5, 0.6) is 11.5 Å². The van der Waals surface area contributed by atoms with Crippen molar-refractivity contribution < 1.29 is 23.5 Å². The molecule has 0 saturated heterocycles. The molecular weight excluding hydrogens is 399 g/mol. The highest BCUT2D eigenvalue weighted by molar-refractivity contribution is 5.96. The first-order chi connectivity index (χ1) is 15.0. The summed E-state index contributed by atoms with van der Waals surface area (Å²) < 4.78 is 24.2. The molecule has 3 rings (SSSR count). The van der Waals surface area contributed by atoms with Crippen LogP contribution in [0.4, 0.5) is 10.1 Å². The van der Waals surface area contributed by atoms with Crippen molar-refractivity contribution in [3.05, 3.63) is 89.2 Å². The Morgan fingerprint density at radius 2 is 1.65 bits per heavy atom. The summed E-state index contributed by atoms with van der Waals surface area (Å²) in [5, 5.41) is 5.47. The van der Waals surface area contributed by atoms with Crippen LogP contribution in [0.25, 0.3) is 0 Å². The van der Waals surface area contributed by atoms with E-state index in [0.29, 0.717) is 33.9 Å². The molecule has 0 atom stereocenters. The van der Waals surface area contributed by atoms with Gasteiger partial charge in [-0.15, -0.1) is 0 Å². The molecule has 0 aliphatic rings. The normalized spacial score (nSPS) is 10.3. The zero-order chi connectivity index (χ0) is 22.2. The molecular formula is C24H23FN2O4. The van der Waals surface area contributed by atoms with E-state index in [4.69, 9.17) is 9.47 Å². The monoisotopic (exact) mass is 422 g/mol. The van der Waals surface area contributed by atoms with Gasteiger partial charge in [0.2, 0.25) is 5.91 Å². The van der Waals surface area contributed by atoms with Gasteiger partial charge in [0.15, 0.2) is 0 Å². The van der Waals surface area contributed by atoms with Gasteiger partial charge >= 0.3 is 0 Å². The Morgan fingerprint density at radius 3 is 2.32 bits per heavy atom. The summed E-state index contributed by atoms with van der Waals surface area (Å²) in [4.78, 5) is 24.7. The third-order valence-corrected chi connectivity index (χ3v) is 4.67. The van der Waals surface area contributed by atoms with Gasteiger partial charge in [0.05, 0.1) is 20.6 Å². The van der Waals surface area contributed by atoms with Crippen molar-refractivity contribution in [1.82, 2.24) is 5.32 Å². The number of nitrogens with one attached hydrogen (secondary N) is 2. The number of amides is 2. The molecule has 31 heavy (non-hydrogen) atoms. The Hall–Kier alpha value is -3.87. The highest BCUT2D eigenvalue weighted by Gasteiger charge is 2.12. The number of hydrogen-bond donors (Lipinski definition) is 2. The SMILES string of the molecule is COc1ccc(OC)c(CC(=O)Nc2ccc(C(=O)NCc3ccccc3F)cc2)c1. The topological polar surface area (TPSA) is 76.7 Å². The van der Waals surface area contributed by atoms with Gasteiger partial charge in [0, 0.05) is 28.9 Å². The maximum Gasteiger partial charge on any atom is 0.251 e. The van der Waals surface area contributed by atoms with E-state index in [0.717, 1.165) is 0 Å². The first-order valence-corrected chi connectivity index (χ1v) is 9.62. The lowest BCUT2D eigenvalue weighted by Crippen LogP contribution is -2.23. The number of benzene rings is 3. The minimum Gasteiger partial charge on any atom is -0.497 e. The fourth-order valence-corrected chi connectivity index (χ4v) is 3.02. The number of carbonyl (C=O) groups excluding carboxylic acids is 2. The standard InChI is InChI=1S/C24H23FN2O4/c1-30-20-11-12-22(31-2)18(13-20)14-23(28)27-19-9-7-16(8-10-19)24(29)26-15-17-5-3-4-6-21(17)25/h3-13H,14-15H2,1-2H3,(H,26,29)(H,27,28). The lowest BCUT2D eigenvalue weighted by atomic mass is 10.1. The number of anilines is 1. The average Bonchev–Trinajstić information content (AvgIpc) is 2.78. The second-order valence-corrected chi connectivity index (χ2v) is 6.75. The summed E-state index contributed by atoms with van der Waals surface area (Å²) in [5.41, 5.74) is 2.07. The molecule has 0 fully saturated rings. The molecule has 0 aliphatic carbocycles. The molecule has 2 N–H and O–H groups in total. The van der Waals surface area contributed by atoms with Crippen LogP contribution in [-0.2, 0) is 17.8 Å². The van der Waals surface area contributed by atoms with E-state index < -0.39 is 0 Å². The summed E-state index contributed by atoms with van der Waals surface area (Å²) in [6.07, 6.45) is 0.102. The molecule has 0 aliphatic heterocycles. The van der Waals surface area contributed by atoms with Gasteiger partial charge in [0.1, 0.15) is 17.3 Å². The molecule has 3 aromatic carbocycles. The molecule has 0 spiro atoms. The highest BCUT2D eigenvalue weighted by Crippen LogP contribution is 2.24. The van der Waals surface area contributed by atoms with Crippen LogP contribution in [0.15, 0.2) is 66.7 Å². The fraction of sp³-hybridized carbons (Fsp3) is 0.167. The summed E-state index contributed by atoms with van der Waals surface area (Å²) in [6, 6.07) is 18.0. The van der Waals surface area contributed by atoms with Gasteiger partial charge in [-0.2, -0.15) is 0 Å². The Bertz CT molecular complexity index is 1070. The highest BCUT2D eigenvalue weighted by atomic mass is 19.1. The zero-order valence-electron chi connectivity index (χ0n) is 17.3. The van der Waals surface area contributed by atoms with Crippen LogP contribution < -0.4 is 20.1 Å². The van der Waals surface area contributed by atoms with Crippen LogP contribution in [0.1, 0.15) is 21.5 Å². The van der Waals surface area contributed by atoms with Crippen molar-refractivity contribution in [3.63, 3.8) is 0 Å². The summed E-state index contributed by atoms with van der Waals surface area (Å²) in [7, 11) is 3.10. The number of hydrogen-bond acceptors (Lipinski definition) is 4. The minimum atomic E-state index is -0.367.